The Balaban J connectivity index is 1.69. The maximum absolute atomic E-state index is 6.92. The first-order valence-corrected chi connectivity index (χ1v) is 18.2. The summed E-state index contributed by atoms with van der Waals surface area (Å²) in [6.07, 6.45) is 0.256. The molecule has 0 amide bonds. The van der Waals surface area contributed by atoms with Gasteiger partial charge in [-0.2, -0.15) is 0 Å². The number of hydrogen-bond acceptors (Lipinski definition) is 4. The lowest BCUT2D eigenvalue weighted by atomic mass is 9.87. The minimum atomic E-state index is -0.539. The third-order valence-corrected chi connectivity index (χ3v) is 10.1. The van der Waals surface area contributed by atoms with Crippen molar-refractivity contribution in [2.24, 2.45) is 0 Å². The third-order valence-electron chi connectivity index (χ3n) is 10.1. The predicted molar refractivity (Wildman–Crippen MR) is 211 cm³/mol. The molecule has 0 N–H and O–H groups in total. The Hall–Kier alpha value is -3.92. The van der Waals surface area contributed by atoms with Gasteiger partial charge in [-0.1, -0.05) is 0 Å². The van der Waals surface area contributed by atoms with Crippen LogP contribution in [0.3, 0.4) is 0 Å². The van der Waals surface area contributed by atoms with E-state index in [-0.39, 0.29) is 12.2 Å². The topological polar surface area (TPSA) is 36.9 Å². The van der Waals surface area contributed by atoms with Crippen LogP contribution in [0, 0.1) is 69.2 Å². The molecule has 0 aromatic heterocycles. The summed E-state index contributed by atoms with van der Waals surface area (Å²) in [5, 5.41) is 0. The van der Waals surface area contributed by atoms with Crippen molar-refractivity contribution in [1.29, 1.82) is 0 Å². The Morgan fingerprint density at radius 3 is 0.900 bits per heavy atom. The van der Waals surface area contributed by atoms with Gasteiger partial charge >= 0.3 is 0 Å². The average Bonchev–Trinajstić information content (AvgIpc) is 3.00. The van der Waals surface area contributed by atoms with E-state index in [1.54, 1.807) is 0 Å². The first-order chi connectivity index (χ1) is 23.0. The summed E-state index contributed by atoms with van der Waals surface area (Å²) in [7, 11) is 0. The molecule has 0 unspecified atom stereocenters. The van der Waals surface area contributed by atoms with E-state index in [9.17, 15) is 0 Å². The Kier molecular flexibility index (Phi) is 11.2. The first-order valence-electron chi connectivity index (χ1n) is 18.2. The highest BCUT2D eigenvalue weighted by atomic mass is 16.5. The van der Waals surface area contributed by atoms with Crippen molar-refractivity contribution in [3.63, 3.8) is 0 Å². The second-order valence-corrected chi connectivity index (χ2v) is 16.1. The van der Waals surface area contributed by atoms with Crippen molar-refractivity contribution in [3.8, 4) is 34.1 Å². The van der Waals surface area contributed by atoms with Crippen LogP contribution < -0.4 is 18.9 Å². The summed E-state index contributed by atoms with van der Waals surface area (Å²) in [4.78, 5) is 0. The summed E-state index contributed by atoms with van der Waals surface area (Å²) in [6, 6.07) is 13.4. The van der Waals surface area contributed by atoms with Gasteiger partial charge in [0, 0.05) is 0 Å². The zero-order valence-corrected chi connectivity index (χ0v) is 34.3. The second-order valence-electron chi connectivity index (χ2n) is 16.1. The fourth-order valence-electron chi connectivity index (χ4n) is 7.06. The smallest absolute Gasteiger partial charge is 0.128 e. The lowest BCUT2D eigenvalue weighted by Crippen LogP contribution is -2.27. The Bertz CT molecular complexity index is 1720. The molecule has 0 aliphatic heterocycles. The highest BCUT2D eigenvalue weighted by Gasteiger charge is 2.29. The molecule has 0 saturated carbocycles. The molecule has 0 aliphatic rings. The molecule has 0 fully saturated rings. The molecular weight excluding hydrogens is 617 g/mol. The van der Waals surface area contributed by atoms with Gasteiger partial charge in [0.05, 0.1) is 12.2 Å². The van der Waals surface area contributed by atoms with E-state index in [1.807, 2.05) is 0 Å². The van der Waals surface area contributed by atoms with Crippen molar-refractivity contribution >= 4 is 0 Å². The summed E-state index contributed by atoms with van der Waals surface area (Å²) < 4.78 is 26.1. The van der Waals surface area contributed by atoms with Gasteiger partial charge < -0.3 is 18.9 Å². The van der Waals surface area contributed by atoms with Crippen LogP contribution in [0.15, 0.2) is 36.4 Å². The molecule has 0 atom stereocenters. The van der Waals surface area contributed by atoms with Crippen molar-refractivity contribution < 1.29 is 18.9 Å². The lowest BCUT2D eigenvalue weighted by Gasteiger charge is -2.32. The van der Waals surface area contributed by atoms with Crippen LogP contribution >= 0.6 is 0 Å². The Morgan fingerprint density at radius 1 is 0.380 bits per heavy atom. The van der Waals surface area contributed by atoms with Crippen LogP contribution in [0.2, 0.25) is 0 Å². The number of rotatable bonds is 11. The van der Waals surface area contributed by atoms with Crippen molar-refractivity contribution in [2.75, 3.05) is 0 Å². The molecule has 4 heteroatoms. The zero-order valence-electron chi connectivity index (χ0n) is 34.3. The van der Waals surface area contributed by atoms with Gasteiger partial charge in [-0.25, -0.2) is 0 Å². The largest absolute Gasteiger partial charge is 0.490 e. The maximum Gasteiger partial charge on any atom is 0.128 e. The number of ether oxygens (including phenoxy) is 4. The Morgan fingerprint density at radius 2 is 0.640 bits per heavy atom. The fraction of sp³-hybridized carbons (Fsp3) is 0.478. The molecule has 0 radical (unpaired) electrons. The molecule has 270 valence electrons. The van der Waals surface area contributed by atoms with Crippen molar-refractivity contribution in [3.05, 3.63) is 103 Å². The van der Waals surface area contributed by atoms with E-state index >= 15 is 0 Å². The third kappa shape index (κ3) is 7.85. The zero-order chi connectivity index (χ0) is 37.6. The van der Waals surface area contributed by atoms with E-state index in [0.717, 1.165) is 78.6 Å². The SMILES string of the molecule is Cc1cc(C(C)(C)Oc2c(C)cc(-c3cc(C)c(OC(C)(C)c4cc(C)c(OC(C)C)c(C)c4)c(C)c3C)c(C)c2C)cc(C)c1OC(C)C. The number of hydrogen-bond donors (Lipinski definition) is 0. The summed E-state index contributed by atoms with van der Waals surface area (Å²) in [5.74, 6) is 3.81. The van der Waals surface area contributed by atoms with E-state index in [0.29, 0.717) is 0 Å². The number of benzene rings is 4. The van der Waals surface area contributed by atoms with E-state index in [4.69, 9.17) is 18.9 Å². The van der Waals surface area contributed by atoms with Crippen LogP contribution in [-0.4, -0.2) is 12.2 Å². The molecule has 0 spiro atoms. The van der Waals surface area contributed by atoms with Gasteiger partial charge in [0.1, 0.15) is 34.2 Å². The monoisotopic (exact) mass is 678 g/mol. The van der Waals surface area contributed by atoms with Crippen molar-refractivity contribution in [1.82, 2.24) is 0 Å². The summed E-state index contributed by atoms with van der Waals surface area (Å²) in [6.45, 7) is 38.5. The van der Waals surface area contributed by atoms with E-state index in [2.05, 4.69) is 161 Å². The molecule has 4 nitrogen and oxygen atoms in total. The fourth-order valence-corrected chi connectivity index (χ4v) is 7.06. The second kappa shape index (κ2) is 14.4. The van der Waals surface area contributed by atoms with E-state index < -0.39 is 11.2 Å². The average molecular weight is 679 g/mol. The van der Waals surface area contributed by atoms with Crippen LogP contribution in [0.25, 0.3) is 11.1 Å². The van der Waals surface area contributed by atoms with E-state index in [1.165, 1.54) is 22.3 Å². The lowest BCUT2D eigenvalue weighted by molar-refractivity contribution is 0.106. The maximum atomic E-state index is 6.92. The first kappa shape index (κ1) is 38.9. The van der Waals surface area contributed by atoms with Gasteiger partial charge in [0.15, 0.2) is 0 Å². The van der Waals surface area contributed by atoms with Gasteiger partial charge in [0.2, 0.25) is 0 Å². The molecular formula is C46H62O4. The van der Waals surface area contributed by atoms with Gasteiger partial charge in [0.25, 0.3) is 0 Å². The molecule has 0 aliphatic carbocycles. The van der Waals surface area contributed by atoms with Crippen LogP contribution in [0.4, 0.5) is 0 Å². The minimum absolute atomic E-state index is 0.128. The van der Waals surface area contributed by atoms with Gasteiger partial charge in [-0.05, 0) is 239 Å². The van der Waals surface area contributed by atoms with Gasteiger partial charge in [-0.3, -0.25) is 0 Å². The van der Waals surface area contributed by atoms with Crippen molar-refractivity contribution in [2.45, 2.75) is 148 Å². The van der Waals surface area contributed by atoms with Crippen LogP contribution in [0.1, 0.15) is 122 Å². The quantitative estimate of drug-likeness (QED) is 0.158. The minimum Gasteiger partial charge on any atom is -0.490 e. The number of aryl methyl sites for hydroxylation is 6. The molecule has 4 aromatic rings. The highest BCUT2D eigenvalue weighted by Crippen LogP contribution is 2.44. The highest BCUT2D eigenvalue weighted by molar-refractivity contribution is 5.77. The van der Waals surface area contributed by atoms with Crippen LogP contribution in [-0.2, 0) is 11.2 Å². The molecule has 0 saturated heterocycles. The molecule has 50 heavy (non-hydrogen) atoms. The predicted octanol–water partition coefficient (Wildman–Crippen LogP) is 12.6. The normalized spacial score (nSPS) is 12.2. The molecule has 4 aromatic carbocycles. The summed E-state index contributed by atoms with van der Waals surface area (Å²) in [5.41, 5.74) is 15.2. The molecule has 0 bridgehead atoms. The van der Waals surface area contributed by atoms with Crippen LogP contribution in [0.5, 0.6) is 23.0 Å². The summed E-state index contributed by atoms with van der Waals surface area (Å²) >= 11 is 0. The molecule has 4 rings (SSSR count). The molecule has 0 heterocycles. The standard InChI is InChI=1S/C46H62O4/c1-25(2)47-41-27(5)19-37(20-28(41)6)45(15,16)49-43-31(9)23-39(33(11)35(43)13)40-24-32(10)44(36(14)34(40)12)50-46(17,18)38-21-29(7)42(30(8)22-38)48-26(3)4/h19-26H,1-18H3. The van der Waals surface area contributed by atoms with Gasteiger partial charge in [-0.15, -0.1) is 0 Å². The Labute approximate surface area is 303 Å².